The van der Waals surface area contributed by atoms with Gasteiger partial charge in [-0.25, -0.2) is 13.6 Å². The fourth-order valence-electron chi connectivity index (χ4n) is 1.40. The van der Waals surface area contributed by atoms with E-state index in [0.29, 0.717) is 0 Å². The minimum Gasteiger partial charge on any atom is -0.505 e. The van der Waals surface area contributed by atoms with E-state index >= 15 is 0 Å². The zero-order valence-electron chi connectivity index (χ0n) is 10.1. The van der Waals surface area contributed by atoms with Gasteiger partial charge in [0.15, 0.2) is 0 Å². The molecule has 0 radical (unpaired) electrons. The summed E-state index contributed by atoms with van der Waals surface area (Å²) in [6, 6.07) is 0.520. The maximum atomic E-state index is 13.6. The Bertz CT molecular complexity index is 460. The van der Waals surface area contributed by atoms with Gasteiger partial charge in [-0.2, -0.15) is 0 Å². The topological polar surface area (TPSA) is 98.6 Å². The van der Waals surface area contributed by atoms with Crippen molar-refractivity contribution >= 4 is 24.1 Å². The number of esters is 1. The first-order valence-corrected chi connectivity index (χ1v) is 5.23. The summed E-state index contributed by atoms with van der Waals surface area (Å²) < 4.78 is 31.1. The Morgan fingerprint density at radius 3 is 2.63 bits per heavy atom. The molecule has 1 aromatic carbocycles. The summed E-state index contributed by atoms with van der Waals surface area (Å²) in [7, 11) is 0. The number of hydrogen-bond donors (Lipinski definition) is 3. The monoisotopic (exact) mass is 296 g/mol. The third-order valence-electron chi connectivity index (χ3n) is 2.38. The van der Waals surface area contributed by atoms with Crippen LogP contribution in [0.15, 0.2) is 12.1 Å². The quantitative estimate of drug-likeness (QED) is 0.443. The lowest BCUT2D eigenvalue weighted by molar-refractivity contribution is -0.149. The van der Waals surface area contributed by atoms with Gasteiger partial charge in [-0.1, -0.05) is 6.07 Å². The Labute approximate surface area is 114 Å². The molecule has 0 fully saturated rings. The summed E-state index contributed by atoms with van der Waals surface area (Å²) in [5, 5.41) is 9.55. The number of aromatic hydroxyl groups is 1. The van der Waals surface area contributed by atoms with E-state index in [2.05, 4.69) is 4.74 Å². The van der Waals surface area contributed by atoms with Gasteiger partial charge in [0.25, 0.3) is 0 Å². The number of benzene rings is 1. The van der Waals surface area contributed by atoms with Crippen molar-refractivity contribution in [3.63, 3.8) is 0 Å². The molecule has 0 saturated heterocycles. The highest BCUT2D eigenvalue weighted by atomic mass is 35.5. The molecule has 1 unspecified atom stereocenters. The van der Waals surface area contributed by atoms with Crippen LogP contribution in [0.4, 0.5) is 14.5 Å². The number of phenols is 1. The minimum atomic E-state index is -2.17. The zero-order valence-corrected chi connectivity index (χ0v) is 10.9. The van der Waals surface area contributed by atoms with Gasteiger partial charge >= 0.3 is 5.97 Å². The van der Waals surface area contributed by atoms with Crippen LogP contribution >= 0.6 is 12.4 Å². The lowest BCUT2D eigenvalue weighted by Gasteiger charge is -2.17. The molecular formula is C11H15ClF2N2O3. The fraction of sp³-hybridized carbons (Fsp3) is 0.364. The van der Waals surface area contributed by atoms with Gasteiger partial charge in [-0.3, -0.25) is 0 Å². The average Bonchev–Trinajstić information content (AvgIpc) is 2.35. The van der Waals surface area contributed by atoms with Crippen molar-refractivity contribution in [1.29, 1.82) is 0 Å². The summed E-state index contributed by atoms with van der Waals surface area (Å²) in [5.74, 6) is -2.67. The van der Waals surface area contributed by atoms with E-state index in [1.165, 1.54) is 6.92 Å². The van der Waals surface area contributed by atoms with Crippen LogP contribution in [0.1, 0.15) is 18.5 Å². The van der Waals surface area contributed by atoms with Gasteiger partial charge in [0, 0.05) is 5.56 Å². The first-order chi connectivity index (χ1) is 8.40. The van der Waals surface area contributed by atoms with E-state index in [9.17, 15) is 18.7 Å². The number of phenolic OH excluding ortho intramolecular Hbond substituents is 1. The molecule has 19 heavy (non-hydrogen) atoms. The van der Waals surface area contributed by atoms with Crippen molar-refractivity contribution in [1.82, 2.24) is 0 Å². The Hall–Kier alpha value is -1.60. The van der Waals surface area contributed by atoms with E-state index in [1.54, 1.807) is 0 Å². The number of anilines is 1. The predicted molar refractivity (Wildman–Crippen MR) is 68.2 cm³/mol. The number of rotatable bonds is 4. The number of carbonyl (C=O) groups excluding carboxylic acids is 1. The number of carbonyl (C=O) groups is 1. The van der Waals surface area contributed by atoms with Crippen LogP contribution in [0.5, 0.6) is 5.75 Å². The molecule has 5 N–H and O–H groups in total. The standard InChI is InChI=1S/C11H14F2N2O3.ClH/c1-2-18-11(17)7(13)8(14)5-3-4-6(12)9(15)10(5)16;/h3-4,7-8,16H,2,14-15H2,1H3;1H/t7?,8-;/m0./s1. The average molecular weight is 297 g/mol. The van der Waals surface area contributed by atoms with Gasteiger partial charge in [-0.05, 0) is 13.0 Å². The maximum absolute atomic E-state index is 13.6. The molecule has 1 aromatic rings. The van der Waals surface area contributed by atoms with E-state index in [0.717, 1.165) is 12.1 Å². The van der Waals surface area contributed by atoms with Crippen LogP contribution in [0, 0.1) is 5.82 Å². The van der Waals surface area contributed by atoms with Crippen LogP contribution in [0.25, 0.3) is 0 Å². The first-order valence-electron chi connectivity index (χ1n) is 5.23. The van der Waals surface area contributed by atoms with Crippen LogP contribution in [-0.4, -0.2) is 23.9 Å². The molecule has 0 saturated carbocycles. The first kappa shape index (κ1) is 17.4. The molecule has 0 aliphatic heterocycles. The zero-order chi connectivity index (χ0) is 13.9. The molecule has 0 aromatic heterocycles. The molecule has 0 aliphatic rings. The molecule has 108 valence electrons. The normalized spacial score (nSPS) is 13.3. The molecule has 5 nitrogen and oxygen atoms in total. The smallest absolute Gasteiger partial charge is 0.342 e. The van der Waals surface area contributed by atoms with Gasteiger partial charge < -0.3 is 21.3 Å². The van der Waals surface area contributed by atoms with Gasteiger partial charge in [-0.15, -0.1) is 12.4 Å². The number of nitrogens with two attached hydrogens (primary N) is 2. The molecule has 1 rings (SSSR count). The summed E-state index contributed by atoms with van der Waals surface area (Å²) in [4.78, 5) is 11.2. The third-order valence-corrected chi connectivity index (χ3v) is 2.38. The number of hydrogen-bond acceptors (Lipinski definition) is 5. The number of nitrogen functional groups attached to an aromatic ring is 1. The Morgan fingerprint density at radius 2 is 2.11 bits per heavy atom. The fourth-order valence-corrected chi connectivity index (χ4v) is 1.40. The Morgan fingerprint density at radius 1 is 1.53 bits per heavy atom. The highest BCUT2D eigenvalue weighted by molar-refractivity contribution is 5.85. The van der Waals surface area contributed by atoms with Crippen molar-refractivity contribution in [2.24, 2.45) is 5.73 Å². The lowest BCUT2D eigenvalue weighted by atomic mass is 10.0. The Balaban J connectivity index is 0.00000324. The van der Waals surface area contributed by atoms with Crippen molar-refractivity contribution in [3.05, 3.63) is 23.5 Å². The van der Waals surface area contributed by atoms with Crippen LogP contribution in [0.2, 0.25) is 0 Å². The van der Waals surface area contributed by atoms with Crippen molar-refractivity contribution in [2.75, 3.05) is 12.3 Å². The number of alkyl halides is 1. The van der Waals surface area contributed by atoms with Crippen LogP contribution in [-0.2, 0) is 9.53 Å². The molecule has 0 bridgehead atoms. The predicted octanol–water partition coefficient (Wildman–Crippen LogP) is 1.44. The van der Waals surface area contributed by atoms with Crippen molar-refractivity contribution < 1.29 is 23.4 Å². The Kier molecular flexibility index (Phi) is 6.51. The molecule has 0 amide bonds. The van der Waals surface area contributed by atoms with Crippen LogP contribution in [0.3, 0.4) is 0 Å². The summed E-state index contributed by atoms with van der Waals surface area (Å²) in [5.41, 5.74) is 10.0. The lowest BCUT2D eigenvalue weighted by Crippen LogP contribution is -2.31. The SMILES string of the molecule is CCOC(=O)C(F)[C@@H](N)c1ccc(F)c(N)c1O.Cl. The molecular weight excluding hydrogens is 282 g/mol. The van der Waals surface area contributed by atoms with E-state index in [1.807, 2.05) is 0 Å². The van der Waals surface area contributed by atoms with Crippen molar-refractivity contribution in [2.45, 2.75) is 19.1 Å². The van der Waals surface area contributed by atoms with E-state index in [-0.39, 0.29) is 24.6 Å². The summed E-state index contributed by atoms with van der Waals surface area (Å²) >= 11 is 0. The largest absolute Gasteiger partial charge is 0.505 e. The van der Waals surface area contributed by atoms with E-state index in [4.69, 9.17) is 11.5 Å². The maximum Gasteiger partial charge on any atom is 0.342 e. The molecule has 8 heteroatoms. The molecule has 2 atom stereocenters. The van der Waals surface area contributed by atoms with Gasteiger partial charge in [0.1, 0.15) is 17.3 Å². The highest BCUT2D eigenvalue weighted by Gasteiger charge is 2.30. The van der Waals surface area contributed by atoms with Gasteiger partial charge in [0.05, 0.1) is 12.6 Å². The van der Waals surface area contributed by atoms with Crippen molar-refractivity contribution in [3.8, 4) is 5.75 Å². The second kappa shape index (κ2) is 7.10. The van der Waals surface area contributed by atoms with Crippen LogP contribution < -0.4 is 11.5 Å². The number of ether oxygens (including phenoxy) is 1. The second-order valence-electron chi connectivity index (χ2n) is 3.58. The molecule has 0 heterocycles. The highest BCUT2D eigenvalue weighted by Crippen LogP contribution is 2.33. The summed E-state index contributed by atoms with van der Waals surface area (Å²) in [6.07, 6.45) is -2.17. The van der Waals surface area contributed by atoms with E-state index < -0.39 is 35.4 Å². The third kappa shape index (κ3) is 3.68. The number of halogens is 3. The molecule has 0 aliphatic carbocycles. The molecule has 0 spiro atoms. The summed E-state index contributed by atoms with van der Waals surface area (Å²) in [6.45, 7) is 1.52. The second-order valence-corrected chi connectivity index (χ2v) is 3.58. The minimum absolute atomic E-state index is 0. The van der Waals surface area contributed by atoms with Gasteiger partial charge in [0.2, 0.25) is 6.17 Å².